The number of carbonyl (C=O) groups excluding carboxylic acids is 1. The lowest BCUT2D eigenvalue weighted by Crippen LogP contribution is -2.38. The summed E-state index contributed by atoms with van der Waals surface area (Å²) in [7, 11) is 0. The number of rotatable bonds is 10. The van der Waals surface area contributed by atoms with Gasteiger partial charge in [-0.2, -0.15) is 0 Å². The zero-order valence-corrected chi connectivity index (χ0v) is 20.2. The minimum absolute atomic E-state index is 0.104. The van der Waals surface area contributed by atoms with Crippen LogP contribution in [0, 0.1) is 6.92 Å². The van der Waals surface area contributed by atoms with E-state index in [0.717, 1.165) is 36.0 Å². The van der Waals surface area contributed by atoms with Crippen LogP contribution < -0.4 is 15.5 Å². The molecule has 0 aliphatic heterocycles. The molecule has 2 aromatic heterocycles. The highest BCUT2D eigenvalue weighted by molar-refractivity contribution is 7.13. The quantitative estimate of drug-likeness (QED) is 0.327. The molecular formula is C22H34N6O2S. The van der Waals surface area contributed by atoms with Crippen molar-refractivity contribution in [3.63, 3.8) is 0 Å². The fourth-order valence-corrected chi connectivity index (χ4v) is 3.95. The summed E-state index contributed by atoms with van der Waals surface area (Å²) in [6, 6.07) is 4.00. The number of carbonyl (C=O) groups is 1. The molecule has 8 nitrogen and oxygen atoms in total. The summed E-state index contributed by atoms with van der Waals surface area (Å²) < 4.78 is 5.11. The average Bonchev–Trinajstić information content (AvgIpc) is 3.16. The molecule has 170 valence electrons. The predicted molar refractivity (Wildman–Crippen MR) is 127 cm³/mol. The number of nitrogens with zero attached hydrogens (tertiary/aromatic N) is 4. The Morgan fingerprint density at radius 1 is 1.26 bits per heavy atom. The summed E-state index contributed by atoms with van der Waals surface area (Å²) in [4.78, 5) is 28.6. The first kappa shape index (κ1) is 24.6. The molecule has 0 saturated heterocycles. The highest BCUT2D eigenvalue weighted by Gasteiger charge is 2.20. The Morgan fingerprint density at radius 2 is 2.00 bits per heavy atom. The maximum absolute atomic E-state index is 12.1. The summed E-state index contributed by atoms with van der Waals surface area (Å²) in [6.45, 7) is 15.4. The van der Waals surface area contributed by atoms with Crippen LogP contribution in [0.5, 0.6) is 0 Å². The van der Waals surface area contributed by atoms with E-state index in [-0.39, 0.29) is 12.0 Å². The Labute approximate surface area is 189 Å². The maximum Gasteiger partial charge on any atom is 0.350 e. The largest absolute Gasteiger partial charge is 0.462 e. The van der Waals surface area contributed by atoms with Gasteiger partial charge in [-0.25, -0.2) is 19.8 Å². The minimum atomic E-state index is -0.322. The molecule has 1 atom stereocenters. The first-order valence-corrected chi connectivity index (χ1v) is 11.6. The molecule has 0 bridgehead atoms. The van der Waals surface area contributed by atoms with Crippen molar-refractivity contribution in [3.8, 4) is 0 Å². The van der Waals surface area contributed by atoms with Gasteiger partial charge in [-0.1, -0.05) is 6.07 Å². The number of aromatic nitrogens is 2. The molecule has 0 saturated carbocycles. The van der Waals surface area contributed by atoms with Gasteiger partial charge in [0.1, 0.15) is 15.7 Å². The number of thiazole rings is 1. The third kappa shape index (κ3) is 6.92. The Morgan fingerprint density at radius 3 is 2.58 bits per heavy atom. The van der Waals surface area contributed by atoms with E-state index in [1.54, 1.807) is 6.92 Å². The van der Waals surface area contributed by atoms with E-state index < -0.39 is 0 Å². The fraction of sp³-hybridized carbons (Fsp3) is 0.545. The van der Waals surface area contributed by atoms with Crippen molar-refractivity contribution in [2.45, 2.75) is 54.1 Å². The van der Waals surface area contributed by atoms with Crippen LogP contribution in [0.2, 0.25) is 0 Å². The molecule has 2 aromatic rings. The van der Waals surface area contributed by atoms with Gasteiger partial charge in [0.25, 0.3) is 0 Å². The van der Waals surface area contributed by atoms with Crippen molar-refractivity contribution in [1.29, 1.82) is 0 Å². The van der Waals surface area contributed by atoms with Crippen LogP contribution in [0.4, 0.5) is 5.82 Å². The second-order valence-corrected chi connectivity index (χ2v) is 7.98. The van der Waals surface area contributed by atoms with Gasteiger partial charge in [-0.05, 0) is 53.2 Å². The lowest BCUT2D eigenvalue weighted by molar-refractivity contribution is 0.0531. The molecule has 31 heavy (non-hydrogen) atoms. The third-order valence-electron chi connectivity index (χ3n) is 4.66. The van der Waals surface area contributed by atoms with Crippen molar-refractivity contribution in [2.24, 2.45) is 4.99 Å². The topological polar surface area (TPSA) is 91.7 Å². The molecule has 0 amide bonds. The Kier molecular flexibility index (Phi) is 9.71. The van der Waals surface area contributed by atoms with Crippen LogP contribution in [-0.2, 0) is 11.3 Å². The highest BCUT2D eigenvalue weighted by Crippen LogP contribution is 2.24. The van der Waals surface area contributed by atoms with Crippen molar-refractivity contribution in [3.05, 3.63) is 39.5 Å². The number of hydrogen-bond acceptors (Lipinski definition) is 7. The Hall–Kier alpha value is -2.68. The van der Waals surface area contributed by atoms with Gasteiger partial charge in [-0.15, -0.1) is 11.3 Å². The molecule has 0 aliphatic carbocycles. The van der Waals surface area contributed by atoms with E-state index in [9.17, 15) is 4.79 Å². The normalized spacial score (nSPS) is 12.4. The van der Waals surface area contributed by atoms with Gasteiger partial charge >= 0.3 is 5.97 Å². The minimum Gasteiger partial charge on any atom is -0.462 e. The Bertz CT molecular complexity index is 861. The van der Waals surface area contributed by atoms with Crippen LogP contribution in [0.3, 0.4) is 0 Å². The van der Waals surface area contributed by atoms with Crippen molar-refractivity contribution in [2.75, 3.05) is 31.1 Å². The summed E-state index contributed by atoms with van der Waals surface area (Å²) in [5.74, 6) is 1.35. The molecular weight excluding hydrogens is 412 g/mol. The zero-order chi connectivity index (χ0) is 22.8. The number of pyridine rings is 1. The van der Waals surface area contributed by atoms with Gasteiger partial charge in [0.2, 0.25) is 0 Å². The number of esters is 1. The summed E-state index contributed by atoms with van der Waals surface area (Å²) in [5, 5.41) is 7.45. The van der Waals surface area contributed by atoms with Gasteiger partial charge in [0.15, 0.2) is 5.96 Å². The SMILES string of the molecule is CCNC(=NCc1ccc(N(CC)CC)nc1)NC(C)c1nc(C)c(C(=O)OCC)s1. The van der Waals surface area contributed by atoms with E-state index in [4.69, 9.17) is 4.74 Å². The van der Waals surface area contributed by atoms with E-state index in [1.165, 1.54) is 11.3 Å². The molecule has 2 rings (SSSR count). The van der Waals surface area contributed by atoms with Gasteiger partial charge in [-0.3, -0.25) is 0 Å². The molecule has 1 unspecified atom stereocenters. The summed E-state index contributed by atoms with van der Waals surface area (Å²) >= 11 is 1.35. The van der Waals surface area contributed by atoms with Crippen molar-refractivity contribution >= 4 is 29.1 Å². The van der Waals surface area contributed by atoms with E-state index in [0.29, 0.717) is 29.7 Å². The molecule has 9 heteroatoms. The molecule has 2 N–H and O–H groups in total. The summed E-state index contributed by atoms with van der Waals surface area (Å²) in [6.07, 6.45) is 1.87. The summed E-state index contributed by atoms with van der Waals surface area (Å²) in [5.41, 5.74) is 1.73. The molecule has 0 aromatic carbocycles. The number of anilines is 1. The molecule has 0 fully saturated rings. The lowest BCUT2D eigenvalue weighted by atomic mass is 10.3. The van der Waals surface area contributed by atoms with Crippen LogP contribution in [-0.4, -0.2) is 48.1 Å². The van der Waals surface area contributed by atoms with Crippen molar-refractivity contribution in [1.82, 2.24) is 20.6 Å². The van der Waals surface area contributed by atoms with Crippen LogP contribution in [0.1, 0.15) is 66.6 Å². The number of hydrogen-bond donors (Lipinski definition) is 2. The monoisotopic (exact) mass is 446 g/mol. The number of nitrogens with one attached hydrogen (secondary N) is 2. The maximum atomic E-state index is 12.1. The molecule has 0 radical (unpaired) electrons. The number of aliphatic imine (C=N–C) groups is 1. The van der Waals surface area contributed by atoms with E-state index >= 15 is 0 Å². The zero-order valence-electron chi connectivity index (χ0n) is 19.4. The third-order valence-corrected chi connectivity index (χ3v) is 5.98. The standard InChI is InChI=1S/C22H34N6O2S/c1-7-23-22(25-14-17-11-12-18(24-13-17)28(8-2)9-3)27-16(6)20-26-15(5)19(31-20)21(29)30-10-4/h11-13,16H,7-10,14H2,1-6H3,(H2,23,25,27). The molecule has 0 aliphatic rings. The number of guanidine groups is 1. The molecule has 2 heterocycles. The van der Waals surface area contributed by atoms with Crippen LogP contribution in [0.25, 0.3) is 0 Å². The van der Waals surface area contributed by atoms with Crippen molar-refractivity contribution < 1.29 is 9.53 Å². The fourth-order valence-electron chi connectivity index (χ4n) is 2.99. The van der Waals surface area contributed by atoms with Gasteiger partial charge in [0.05, 0.1) is 24.9 Å². The first-order chi connectivity index (χ1) is 14.9. The smallest absolute Gasteiger partial charge is 0.350 e. The van der Waals surface area contributed by atoms with Gasteiger partial charge < -0.3 is 20.3 Å². The Balaban J connectivity index is 2.07. The lowest BCUT2D eigenvalue weighted by Gasteiger charge is -2.19. The van der Waals surface area contributed by atoms with Crippen LogP contribution in [0.15, 0.2) is 23.3 Å². The second-order valence-electron chi connectivity index (χ2n) is 6.95. The first-order valence-electron chi connectivity index (χ1n) is 10.8. The predicted octanol–water partition coefficient (Wildman–Crippen LogP) is 3.69. The van der Waals surface area contributed by atoms with E-state index in [1.807, 2.05) is 33.0 Å². The van der Waals surface area contributed by atoms with Crippen LogP contribution >= 0.6 is 11.3 Å². The highest BCUT2D eigenvalue weighted by atomic mass is 32.1. The second kappa shape index (κ2) is 12.2. The number of ether oxygens (including phenoxy) is 1. The van der Waals surface area contributed by atoms with Gasteiger partial charge in [0, 0.05) is 25.8 Å². The molecule has 0 spiro atoms. The van der Waals surface area contributed by atoms with E-state index in [2.05, 4.69) is 50.4 Å². The number of aryl methyl sites for hydroxylation is 1. The average molecular weight is 447 g/mol.